The van der Waals surface area contributed by atoms with E-state index < -0.39 is 0 Å². The second-order valence-corrected chi connectivity index (χ2v) is 8.02. The van der Waals surface area contributed by atoms with Gasteiger partial charge in [-0.2, -0.15) is 4.98 Å². The molecule has 0 amide bonds. The maximum Gasteiger partial charge on any atom is 0.240 e. The van der Waals surface area contributed by atoms with E-state index in [1.165, 1.54) is 42.0 Å². The van der Waals surface area contributed by atoms with Crippen LogP contribution in [0.4, 0.5) is 0 Å². The fourth-order valence-electron chi connectivity index (χ4n) is 4.69. The van der Waals surface area contributed by atoms with Crippen LogP contribution in [0, 0.1) is 0 Å². The number of nitrogens with zero attached hydrogens (tertiary/aromatic N) is 5. The number of benzene rings is 1. The van der Waals surface area contributed by atoms with E-state index in [0.29, 0.717) is 24.9 Å². The molecule has 146 valence electrons. The molecule has 1 atom stereocenters. The summed E-state index contributed by atoms with van der Waals surface area (Å²) < 4.78 is 7.92. The Morgan fingerprint density at radius 3 is 2.79 bits per heavy atom. The average molecular weight is 377 g/mol. The third-order valence-electron chi connectivity index (χ3n) is 6.12. The van der Waals surface area contributed by atoms with Gasteiger partial charge in [-0.25, -0.2) is 4.98 Å². The summed E-state index contributed by atoms with van der Waals surface area (Å²) >= 11 is 0. The zero-order valence-corrected chi connectivity index (χ0v) is 16.5. The number of likely N-dealkylation sites (tertiary alicyclic amines) is 1. The van der Waals surface area contributed by atoms with E-state index in [4.69, 9.17) is 9.51 Å². The number of aromatic nitrogens is 4. The Morgan fingerprint density at radius 2 is 1.93 bits per heavy atom. The van der Waals surface area contributed by atoms with Crippen LogP contribution in [-0.4, -0.2) is 31.1 Å². The Hall–Kier alpha value is -2.47. The standard InChI is InChI=1S/C22H27N5O/c1-26-18-11-6-5-10-17(18)23-22(26)19-12-7-13-27(19)15-21-24-20(25-28-21)14-16-8-3-2-4-9-16/h2-4,8-9,19H,5-7,10-15H2,1H3. The first-order chi connectivity index (χ1) is 13.8. The van der Waals surface area contributed by atoms with Crippen LogP contribution < -0.4 is 0 Å². The summed E-state index contributed by atoms with van der Waals surface area (Å²) in [5, 5.41) is 4.19. The summed E-state index contributed by atoms with van der Waals surface area (Å²) in [5.74, 6) is 2.68. The Labute approximate surface area is 165 Å². The molecule has 0 saturated carbocycles. The molecule has 5 rings (SSSR count). The molecule has 1 aromatic carbocycles. The summed E-state index contributed by atoms with van der Waals surface area (Å²) in [6.45, 7) is 1.75. The first-order valence-corrected chi connectivity index (χ1v) is 10.4. The van der Waals surface area contributed by atoms with E-state index in [-0.39, 0.29) is 0 Å². The van der Waals surface area contributed by atoms with Gasteiger partial charge < -0.3 is 9.09 Å². The van der Waals surface area contributed by atoms with Crippen LogP contribution in [0.5, 0.6) is 0 Å². The van der Waals surface area contributed by atoms with Crippen molar-refractivity contribution in [1.29, 1.82) is 0 Å². The van der Waals surface area contributed by atoms with Crippen LogP contribution in [-0.2, 0) is 32.9 Å². The average Bonchev–Trinajstić information content (AvgIpc) is 3.43. The van der Waals surface area contributed by atoms with E-state index in [1.54, 1.807) is 0 Å². The largest absolute Gasteiger partial charge is 0.338 e. The number of fused-ring (bicyclic) bond motifs is 1. The van der Waals surface area contributed by atoms with Gasteiger partial charge in [-0.05, 0) is 50.6 Å². The zero-order chi connectivity index (χ0) is 18.9. The maximum atomic E-state index is 5.56. The highest BCUT2D eigenvalue weighted by atomic mass is 16.5. The van der Waals surface area contributed by atoms with Crippen molar-refractivity contribution in [2.45, 2.75) is 57.5 Å². The lowest BCUT2D eigenvalue weighted by molar-refractivity contribution is 0.203. The smallest absolute Gasteiger partial charge is 0.240 e. The predicted octanol–water partition coefficient (Wildman–Crippen LogP) is 3.61. The summed E-state index contributed by atoms with van der Waals surface area (Å²) in [4.78, 5) is 12.1. The molecule has 6 nitrogen and oxygen atoms in total. The minimum absolute atomic E-state index is 0.347. The van der Waals surface area contributed by atoms with Crippen molar-refractivity contribution in [3.63, 3.8) is 0 Å². The highest BCUT2D eigenvalue weighted by molar-refractivity contribution is 5.22. The Balaban J connectivity index is 1.31. The molecule has 2 aromatic heterocycles. The third kappa shape index (κ3) is 3.37. The van der Waals surface area contributed by atoms with Crippen molar-refractivity contribution in [3.8, 4) is 0 Å². The van der Waals surface area contributed by atoms with Gasteiger partial charge in [0.15, 0.2) is 5.82 Å². The first-order valence-electron chi connectivity index (χ1n) is 10.4. The molecule has 1 fully saturated rings. The molecular formula is C22H27N5O. The van der Waals surface area contributed by atoms with Crippen molar-refractivity contribution < 1.29 is 4.52 Å². The van der Waals surface area contributed by atoms with Crippen LogP contribution >= 0.6 is 0 Å². The molecule has 0 bridgehead atoms. The molecule has 0 radical (unpaired) electrons. The fourth-order valence-corrected chi connectivity index (χ4v) is 4.69. The lowest BCUT2D eigenvalue weighted by atomic mass is 10.0. The lowest BCUT2D eigenvalue weighted by Crippen LogP contribution is -2.25. The lowest BCUT2D eigenvalue weighted by Gasteiger charge is -2.22. The van der Waals surface area contributed by atoms with Crippen molar-refractivity contribution in [1.82, 2.24) is 24.6 Å². The van der Waals surface area contributed by atoms with Gasteiger partial charge in [0.1, 0.15) is 5.82 Å². The number of hydrogen-bond donors (Lipinski definition) is 0. The number of hydrogen-bond acceptors (Lipinski definition) is 5. The minimum Gasteiger partial charge on any atom is -0.338 e. The third-order valence-corrected chi connectivity index (χ3v) is 6.12. The van der Waals surface area contributed by atoms with E-state index >= 15 is 0 Å². The summed E-state index contributed by atoms with van der Waals surface area (Å²) in [6.07, 6.45) is 7.89. The van der Waals surface area contributed by atoms with Gasteiger partial charge in [0, 0.05) is 19.2 Å². The van der Waals surface area contributed by atoms with Gasteiger partial charge in [0.05, 0.1) is 18.3 Å². The summed E-state index contributed by atoms with van der Waals surface area (Å²) in [7, 11) is 2.19. The van der Waals surface area contributed by atoms with Gasteiger partial charge in [-0.1, -0.05) is 35.5 Å². The molecule has 2 aliphatic rings. The van der Waals surface area contributed by atoms with Crippen molar-refractivity contribution in [3.05, 3.63) is 64.8 Å². The van der Waals surface area contributed by atoms with Crippen LogP contribution in [0.2, 0.25) is 0 Å². The van der Waals surface area contributed by atoms with Crippen molar-refractivity contribution in [2.75, 3.05) is 6.54 Å². The molecule has 0 spiro atoms. The van der Waals surface area contributed by atoms with E-state index in [2.05, 4.69) is 38.8 Å². The van der Waals surface area contributed by atoms with Gasteiger partial charge in [-0.15, -0.1) is 0 Å². The Morgan fingerprint density at radius 1 is 1.07 bits per heavy atom. The monoisotopic (exact) mass is 377 g/mol. The topological polar surface area (TPSA) is 60.0 Å². The van der Waals surface area contributed by atoms with Crippen LogP contribution in [0.3, 0.4) is 0 Å². The van der Waals surface area contributed by atoms with Crippen molar-refractivity contribution >= 4 is 0 Å². The van der Waals surface area contributed by atoms with E-state index in [1.807, 2.05) is 18.2 Å². The predicted molar refractivity (Wildman–Crippen MR) is 106 cm³/mol. The van der Waals surface area contributed by atoms with Crippen LogP contribution in [0.1, 0.15) is 66.2 Å². The minimum atomic E-state index is 0.347. The van der Waals surface area contributed by atoms with E-state index in [0.717, 1.165) is 31.6 Å². The SMILES string of the molecule is Cn1c(C2CCCN2Cc2nc(Cc3ccccc3)no2)nc2c1CCCC2. The number of imidazole rings is 1. The number of aryl methyl sites for hydroxylation is 1. The highest BCUT2D eigenvalue weighted by Crippen LogP contribution is 2.34. The Bertz CT molecular complexity index is 945. The zero-order valence-electron chi connectivity index (χ0n) is 16.5. The second kappa shape index (κ2) is 7.51. The molecule has 0 N–H and O–H groups in total. The van der Waals surface area contributed by atoms with E-state index in [9.17, 15) is 0 Å². The maximum absolute atomic E-state index is 5.56. The molecular weight excluding hydrogens is 350 g/mol. The molecule has 1 unspecified atom stereocenters. The quantitative estimate of drug-likeness (QED) is 0.680. The van der Waals surface area contributed by atoms with Gasteiger partial charge in [0.25, 0.3) is 0 Å². The first kappa shape index (κ1) is 17.6. The molecule has 28 heavy (non-hydrogen) atoms. The Kier molecular flexibility index (Phi) is 4.72. The molecule has 3 heterocycles. The van der Waals surface area contributed by atoms with Gasteiger partial charge in [-0.3, -0.25) is 4.90 Å². The second-order valence-electron chi connectivity index (χ2n) is 8.02. The molecule has 1 saturated heterocycles. The van der Waals surface area contributed by atoms with Crippen LogP contribution in [0.15, 0.2) is 34.9 Å². The van der Waals surface area contributed by atoms with Crippen molar-refractivity contribution in [2.24, 2.45) is 7.05 Å². The molecule has 1 aliphatic heterocycles. The fraction of sp³-hybridized carbons (Fsp3) is 0.500. The normalized spacial score (nSPS) is 19.8. The highest BCUT2D eigenvalue weighted by Gasteiger charge is 2.32. The van der Waals surface area contributed by atoms with Gasteiger partial charge in [0.2, 0.25) is 5.89 Å². The van der Waals surface area contributed by atoms with Gasteiger partial charge >= 0.3 is 0 Å². The molecule has 1 aliphatic carbocycles. The molecule has 3 aromatic rings. The summed E-state index contributed by atoms with van der Waals surface area (Å²) in [5.41, 5.74) is 3.96. The number of rotatable bonds is 5. The summed E-state index contributed by atoms with van der Waals surface area (Å²) in [6, 6.07) is 10.6. The molecule has 6 heteroatoms. The van der Waals surface area contributed by atoms with Crippen LogP contribution in [0.25, 0.3) is 0 Å².